The number of hydrogen-bond acceptors (Lipinski definition) is 1. The highest BCUT2D eigenvalue weighted by molar-refractivity contribution is 4.64. The van der Waals surface area contributed by atoms with Crippen LogP contribution >= 0.6 is 0 Å². The van der Waals surface area contributed by atoms with Crippen molar-refractivity contribution in [3.8, 4) is 0 Å². The zero-order valence-electron chi connectivity index (χ0n) is 6.94. The number of unbranched alkanes of at least 4 members (excludes halogenated alkanes) is 2. The van der Waals surface area contributed by atoms with Crippen molar-refractivity contribution in [3.63, 3.8) is 0 Å². The largest absolute Gasteiger partial charge is 0.381 e. The van der Waals surface area contributed by atoms with Crippen molar-refractivity contribution in [3.05, 3.63) is 12.7 Å². The maximum absolute atomic E-state index is 5.33. The van der Waals surface area contributed by atoms with Gasteiger partial charge in [-0.2, -0.15) is 0 Å². The van der Waals surface area contributed by atoms with E-state index in [0.717, 1.165) is 26.1 Å². The van der Waals surface area contributed by atoms with Gasteiger partial charge >= 0.3 is 0 Å². The van der Waals surface area contributed by atoms with E-state index in [2.05, 4.69) is 13.5 Å². The summed E-state index contributed by atoms with van der Waals surface area (Å²) in [5, 5.41) is 0. The summed E-state index contributed by atoms with van der Waals surface area (Å²) in [6.45, 7) is 7.63. The summed E-state index contributed by atoms with van der Waals surface area (Å²) in [6, 6.07) is 0. The maximum Gasteiger partial charge on any atom is 0.0468 e. The molecule has 0 aliphatic rings. The van der Waals surface area contributed by atoms with Gasteiger partial charge in [0, 0.05) is 13.2 Å². The van der Waals surface area contributed by atoms with Gasteiger partial charge in [0.25, 0.3) is 0 Å². The number of ether oxygens (including phenoxy) is 1. The summed E-state index contributed by atoms with van der Waals surface area (Å²) < 4.78 is 5.33. The second-order valence-corrected chi connectivity index (χ2v) is 2.40. The van der Waals surface area contributed by atoms with Crippen LogP contribution in [0.25, 0.3) is 0 Å². The molecule has 0 spiro atoms. The van der Waals surface area contributed by atoms with Gasteiger partial charge < -0.3 is 4.74 Å². The minimum Gasteiger partial charge on any atom is -0.381 e. The van der Waals surface area contributed by atoms with Gasteiger partial charge in [-0.15, -0.1) is 6.58 Å². The van der Waals surface area contributed by atoms with E-state index in [1.54, 1.807) is 0 Å². The average Bonchev–Trinajstić information content (AvgIpc) is 1.97. The van der Waals surface area contributed by atoms with E-state index in [0.29, 0.717) is 0 Å². The van der Waals surface area contributed by atoms with Gasteiger partial charge in [0.15, 0.2) is 0 Å². The third kappa shape index (κ3) is 7.70. The van der Waals surface area contributed by atoms with Crippen LogP contribution in [-0.2, 0) is 4.74 Å². The molecule has 0 aromatic heterocycles. The monoisotopic (exact) mass is 142 g/mol. The minimum atomic E-state index is 0.895. The van der Waals surface area contributed by atoms with Crippen LogP contribution in [0.3, 0.4) is 0 Å². The molecule has 0 aliphatic heterocycles. The first-order chi connectivity index (χ1) is 4.91. The lowest BCUT2D eigenvalue weighted by Crippen LogP contribution is -1.95. The van der Waals surface area contributed by atoms with Crippen molar-refractivity contribution in [2.24, 2.45) is 0 Å². The zero-order valence-corrected chi connectivity index (χ0v) is 6.94. The molecular weight excluding hydrogens is 124 g/mol. The molecular formula is C9H18O. The van der Waals surface area contributed by atoms with Crippen molar-refractivity contribution in [2.75, 3.05) is 13.2 Å². The van der Waals surface area contributed by atoms with Gasteiger partial charge in [0.2, 0.25) is 0 Å². The summed E-state index contributed by atoms with van der Waals surface area (Å²) in [5.74, 6) is 0. The zero-order chi connectivity index (χ0) is 7.66. The van der Waals surface area contributed by atoms with Gasteiger partial charge in [0.1, 0.15) is 0 Å². The van der Waals surface area contributed by atoms with Gasteiger partial charge in [-0.3, -0.25) is 0 Å². The van der Waals surface area contributed by atoms with Crippen molar-refractivity contribution < 1.29 is 4.74 Å². The first-order valence-corrected chi connectivity index (χ1v) is 4.10. The van der Waals surface area contributed by atoms with Crippen molar-refractivity contribution in [1.29, 1.82) is 0 Å². The molecule has 0 aromatic carbocycles. The topological polar surface area (TPSA) is 9.23 Å². The van der Waals surface area contributed by atoms with Crippen LogP contribution in [0.2, 0.25) is 0 Å². The van der Waals surface area contributed by atoms with Crippen LogP contribution < -0.4 is 0 Å². The molecule has 0 unspecified atom stereocenters. The van der Waals surface area contributed by atoms with E-state index in [-0.39, 0.29) is 0 Å². The summed E-state index contributed by atoms with van der Waals surface area (Å²) in [6.07, 6.45) is 6.54. The van der Waals surface area contributed by atoms with E-state index in [1.807, 2.05) is 6.08 Å². The fourth-order valence-corrected chi connectivity index (χ4v) is 0.678. The Balaban J connectivity index is 2.70. The quantitative estimate of drug-likeness (QED) is 0.392. The summed E-state index contributed by atoms with van der Waals surface area (Å²) >= 11 is 0. The van der Waals surface area contributed by atoms with Gasteiger partial charge in [-0.1, -0.05) is 19.4 Å². The van der Waals surface area contributed by atoms with Crippen LogP contribution in [0.1, 0.15) is 32.6 Å². The molecule has 0 atom stereocenters. The molecule has 0 saturated carbocycles. The molecule has 0 aliphatic carbocycles. The van der Waals surface area contributed by atoms with Crippen molar-refractivity contribution >= 4 is 0 Å². The molecule has 0 radical (unpaired) electrons. The van der Waals surface area contributed by atoms with Gasteiger partial charge in [-0.05, 0) is 19.3 Å². The van der Waals surface area contributed by atoms with Crippen LogP contribution in [0.15, 0.2) is 12.7 Å². The fraction of sp³-hybridized carbons (Fsp3) is 0.778. The molecule has 0 rings (SSSR count). The summed E-state index contributed by atoms with van der Waals surface area (Å²) in [7, 11) is 0. The Kier molecular flexibility index (Phi) is 8.44. The van der Waals surface area contributed by atoms with Crippen LogP contribution in [-0.4, -0.2) is 13.2 Å². The van der Waals surface area contributed by atoms with E-state index < -0.39 is 0 Å². The lowest BCUT2D eigenvalue weighted by molar-refractivity contribution is 0.129. The third-order valence-corrected chi connectivity index (χ3v) is 1.34. The van der Waals surface area contributed by atoms with Crippen LogP contribution in [0.5, 0.6) is 0 Å². The highest BCUT2D eigenvalue weighted by Crippen LogP contribution is 1.92. The van der Waals surface area contributed by atoms with Crippen molar-refractivity contribution in [2.45, 2.75) is 32.6 Å². The highest BCUT2D eigenvalue weighted by Gasteiger charge is 1.85. The molecule has 60 valence electrons. The molecule has 1 heteroatoms. The van der Waals surface area contributed by atoms with Crippen LogP contribution in [0.4, 0.5) is 0 Å². The van der Waals surface area contributed by atoms with Gasteiger partial charge in [0.05, 0.1) is 0 Å². The summed E-state index contributed by atoms with van der Waals surface area (Å²) in [4.78, 5) is 0. The van der Waals surface area contributed by atoms with E-state index in [1.165, 1.54) is 12.8 Å². The van der Waals surface area contributed by atoms with E-state index in [9.17, 15) is 0 Å². The Morgan fingerprint density at radius 2 is 2.00 bits per heavy atom. The lowest BCUT2D eigenvalue weighted by Gasteiger charge is -1.99. The maximum atomic E-state index is 5.33. The average molecular weight is 142 g/mol. The van der Waals surface area contributed by atoms with E-state index >= 15 is 0 Å². The second kappa shape index (κ2) is 8.70. The van der Waals surface area contributed by atoms with Gasteiger partial charge in [-0.25, -0.2) is 0 Å². The molecule has 10 heavy (non-hydrogen) atoms. The second-order valence-electron chi connectivity index (χ2n) is 2.40. The molecule has 0 heterocycles. The predicted molar refractivity (Wildman–Crippen MR) is 45.2 cm³/mol. The Labute approximate surface area is 64.1 Å². The standard InChI is InChI=1S/C9H18O/c1-3-5-7-9-10-8-6-4-2/h3H,1,4-9H2,2H3. The lowest BCUT2D eigenvalue weighted by atomic mass is 10.3. The molecule has 0 amide bonds. The van der Waals surface area contributed by atoms with E-state index in [4.69, 9.17) is 4.74 Å². The Hall–Kier alpha value is -0.300. The molecule has 1 nitrogen and oxygen atoms in total. The first kappa shape index (κ1) is 9.70. The Morgan fingerprint density at radius 1 is 1.30 bits per heavy atom. The number of allylic oxidation sites excluding steroid dienone is 1. The fourth-order valence-electron chi connectivity index (χ4n) is 0.678. The Bertz CT molecular complexity index is 69.1. The number of hydrogen-bond donors (Lipinski definition) is 0. The summed E-state index contributed by atoms with van der Waals surface area (Å²) in [5.41, 5.74) is 0. The predicted octanol–water partition coefficient (Wildman–Crippen LogP) is 2.77. The molecule has 0 bridgehead atoms. The van der Waals surface area contributed by atoms with Crippen molar-refractivity contribution in [1.82, 2.24) is 0 Å². The smallest absolute Gasteiger partial charge is 0.0468 e. The molecule has 0 saturated heterocycles. The third-order valence-electron chi connectivity index (χ3n) is 1.34. The normalized spacial score (nSPS) is 9.70. The minimum absolute atomic E-state index is 0.895. The first-order valence-electron chi connectivity index (χ1n) is 4.10. The molecule has 0 N–H and O–H groups in total. The Morgan fingerprint density at radius 3 is 2.60 bits per heavy atom. The molecule has 0 fully saturated rings. The highest BCUT2D eigenvalue weighted by atomic mass is 16.5. The SMILES string of the molecule is C=CCCCOCCCC. The number of rotatable bonds is 7. The van der Waals surface area contributed by atoms with Crippen LogP contribution in [0, 0.1) is 0 Å². The molecule has 0 aromatic rings.